The SMILES string of the molecule is ClCc1cn(Cc2cccnn2)cn1. The van der Waals surface area contributed by atoms with E-state index in [1.54, 1.807) is 12.5 Å². The summed E-state index contributed by atoms with van der Waals surface area (Å²) >= 11 is 5.64. The van der Waals surface area contributed by atoms with Gasteiger partial charge in [-0.15, -0.1) is 11.6 Å². The van der Waals surface area contributed by atoms with E-state index in [1.807, 2.05) is 22.9 Å². The summed E-state index contributed by atoms with van der Waals surface area (Å²) in [6, 6.07) is 3.79. The molecule has 0 spiro atoms. The number of alkyl halides is 1. The quantitative estimate of drug-likeness (QED) is 0.718. The molecule has 5 heteroatoms. The van der Waals surface area contributed by atoms with Crippen LogP contribution in [-0.4, -0.2) is 19.7 Å². The van der Waals surface area contributed by atoms with Crippen molar-refractivity contribution >= 4 is 11.6 Å². The van der Waals surface area contributed by atoms with Crippen LogP contribution in [-0.2, 0) is 12.4 Å². The van der Waals surface area contributed by atoms with E-state index in [-0.39, 0.29) is 0 Å². The van der Waals surface area contributed by atoms with Gasteiger partial charge in [-0.25, -0.2) is 4.98 Å². The summed E-state index contributed by atoms with van der Waals surface area (Å²) < 4.78 is 1.93. The van der Waals surface area contributed by atoms with Crippen LogP contribution in [0.1, 0.15) is 11.4 Å². The Hall–Kier alpha value is -1.42. The van der Waals surface area contributed by atoms with Crippen LogP contribution >= 0.6 is 11.6 Å². The molecule has 0 aliphatic rings. The van der Waals surface area contributed by atoms with Crippen LogP contribution in [0.5, 0.6) is 0 Å². The Labute approximate surface area is 86.6 Å². The third-order valence-electron chi connectivity index (χ3n) is 1.80. The predicted molar refractivity (Wildman–Crippen MR) is 52.9 cm³/mol. The van der Waals surface area contributed by atoms with E-state index in [0.717, 1.165) is 11.4 Å². The highest BCUT2D eigenvalue weighted by molar-refractivity contribution is 6.16. The predicted octanol–water partition coefficient (Wildman–Crippen LogP) is 1.46. The van der Waals surface area contributed by atoms with E-state index in [9.17, 15) is 0 Å². The highest BCUT2D eigenvalue weighted by atomic mass is 35.5. The lowest BCUT2D eigenvalue weighted by atomic mass is 10.4. The second-order valence-corrected chi connectivity index (χ2v) is 3.15. The van der Waals surface area contributed by atoms with Crippen LogP contribution in [0.15, 0.2) is 30.9 Å². The number of aromatic nitrogens is 4. The van der Waals surface area contributed by atoms with Crippen LogP contribution in [0.4, 0.5) is 0 Å². The third kappa shape index (κ3) is 2.09. The number of rotatable bonds is 3. The maximum atomic E-state index is 5.64. The number of imidazole rings is 1. The van der Waals surface area contributed by atoms with Gasteiger partial charge >= 0.3 is 0 Å². The fraction of sp³-hybridized carbons (Fsp3) is 0.222. The van der Waals surface area contributed by atoms with E-state index in [4.69, 9.17) is 11.6 Å². The molecule has 0 aliphatic heterocycles. The largest absolute Gasteiger partial charge is 0.331 e. The first-order chi connectivity index (χ1) is 6.88. The van der Waals surface area contributed by atoms with Crippen molar-refractivity contribution in [3.63, 3.8) is 0 Å². The first kappa shape index (κ1) is 9.15. The molecular weight excluding hydrogens is 200 g/mol. The smallest absolute Gasteiger partial charge is 0.0953 e. The molecule has 0 radical (unpaired) electrons. The Morgan fingerprint density at radius 1 is 1.36 bits per heavy atom. The molecule has 0 aliphatic carbocycles. The summed E-state index contributed by atoms with van der Waals surface area (Å²) in [5.41, 5.74) is 1.78. The minimum absolute atomic E-state index is 0.438. The average molecular weight is 209 g/mol. The average Bonchev–Trinajstić information content (AvgIpc) is 2.67. The zero-order valence-corrected chi connectivity index (χ0v) is 8.22. The van der Waals surface area contributed by atoms with Crippen LogP contribution in [0.2, 0.25) is 0 Å². The Bertz CT molecular complexity index is 398. The fourth-order valence-electron chi connectivity index (χ4n) is 1.17. The first-order valence-electron chi connectivity index (χ1n) is 4.21. The molecule has 2 aromatic rings. The molecule has 4 nitrogen and oxygen atoms in total. The Morgan fingerprint density at radius 2 is 2.29 bits per heavy atom. The monoisotopic (exact) mass is 208 g/mol. The highest BCUT2D eigenvalue weighted by Gasteiger charge is 1.98. The third-order valence-corrected chi connectivity index (χ3v) is 2.07. The van der Waals surface area contributed by atoms with Crippen molar-refractivity contribution in [2.45, 2.75) is 12.4 Å². The number of nitrogens with zero attached hydrogens (tertiary/aromatic N) is 4. The van der Waals surface area contributed by atoms with E-state index < -0.39 is 0 Å². The molecular formula is C9H9ClN4. The number of hydrogen-bond donors (Lipinski definition) is 0. The van der Waals surface area contributed by atoms with Crippen LogP contribution < -0.4 is 0 Å². The molecule has 2 aromatic heterocycles. The second kappa shape index (κ2) is 4.19. The van der Waals surface area contributed by atoms with Crippen LogP contribution in [0, 0.1) is 0 Å². The van der Waals surface area contributed by atoms with Crippen molar-refractivity contribution in [2.24, 2.45) is 0 Å². The van der Waals surface area contributed by atoms with Crippen molar-refractivity contribution in [1.29, 1.82) is 0 Å². The fourth-order valence-corrected chi connectivity index (χ4v) is 1.30. The zero-order valence-electron chi connectivity index (χ0n) is 7.47. The normalized spacial score (nSPS) is 10.4. The van der Waals surface area contributed by atoms with Gasteiger partial charge in [0, 0.05) is 12.4 Å². The summed E-state index contributed by atoms with van der Waals surface area (Å²) in [5.74, 6) is 0.438. The second-order valence-electron chi connectivity index (χ2n) is 2.89. The van der Waals surface area contributed by atoms with E-state index >= 15 is 0 Å². The number of hydrogen-bond acceptors (Lipinski definition) is 3. The van der Waals surface area contributed by atoms with Gasteiger partial charge in [0.25, 0.3) is 0 Å². The molecule has 0 saturated heterocycles. The molecule has 0 N–H and O–H groups in total. The minimum Gasteiger partial charge on any atom is -0.331 e. The van der Waals surface area contributed by atoms with Crippen LogP contribution in [0.3, 0.4) is 0 Å². The lowest BCUT2D eigenvalue weighted by Crippen LogP contribution is -1.99. The molecule has 0 saturated carbocycles. The van der Waals surface area contributed by atoms with Gasteiger partial charge in [0.05, 0.1) is 30.1 Å². The molecule has 2 rings (SSSR count). The Balaban J connectivity index is 2.11. The summed E-state index contributed by atoms with van der Waals surface area (Å²) in [7, 11) is 0. The lowest BCUT2D eigenvalue weighted by molar-refractivity contribution is 0.752. The van der Waals surface area contributed by atoms with Crippen molar-refractivity contribution in [3.05, 3.63) is 42.2 Å². The van der Waals surface area contributed by atoms with Gasteiger partial charge in [-0.2, -0.15) is 10.2 Å². The maximum Gasteiger partial charge on any atom is 0.0953 e. The van der Waals surface area contributed by atoms with E-state index in [0.29, 0.717) is 12.4 Å². The summed E-state index contributed by atoms with van der Waals surface area (Å²) in [6.07, 6.45) is 5.30. The van der Waals surface area contributed by atoms with Crippen molar-refractivity contribution in [2.75, 3.05) is 0 Å². The molecule has 0 amide bonds. The van der Waals surface area contributed by atoms with Gasteiger partial charge in [0.1, 0.15) is 0 Å². The number of halogens is 1. The molecule has 0 aromatic carbocycles. The molecule has 0 bridgehead atoms. The minimum atomic E-state index is 0.438. The highest BCUT2D eigenvalue weighted by Crippen LogP contribution is 2.02. The van der Waals surface area contributed by atoms with Crippen molar-refractivity contribution in [1.82, 2.24) is 19.7 Å². The molecule has 0 unspecified atom stereocenters. The zero-order chi connectivity index (χ0) is 9.80. The van der Waals surface area contributed by atoms with Gasteiger partial charge < -0.3 is 4.57 Å². The lowest BCUT2D eigenvalue weighted by Gasteiger charge is -1.98. The summed E-state index contributed by atoms with van der Waals surface area (Å²) in [5, 5.41) is 7.78. The topological polar surface area (TPSA) is 43.6 Å². The van der Waals surface area contributed by atoms with E-state index in [1.165, 1.54) is 0 Å². The molecule has 2 heterocycles. The van der Waals surface area contributed by atoms with E-state index in [2.05, 4.69) is 15.2 Å². The van der Waals surface area contributed by atoms with Gasteiger partial charge in [-0.3, -0.25) is 0 Å². The van der Waals surface area contributed by atoms with Gasteiger partial charge in [-0.05, 0) is 12.1 Å². The van der Waals surface area contributed by atoms with Crippen molar-refractivity contribution in [3.8, 4) is 0 Å². The Kier molecular flexibility index (Phi) is 2.74. The molecule has 72 valence electrons. The van der Waals surface area contributed by atoms with Gasteiger partial charge in [0.15, 0.2) is 0 Å². The molecule has 0 fully saturated rings. The van der Waals surface area contributed by atoms with Crippen LogP contribution in [0.25, 0.3) is 0 Å². The summed E-state index contributed by atoms with van der Waals surface area (Å²) in [4.78, 5) is 4.11. The first-order valence-corrected chi connectivity index (χ1v) is 4.75. The molecule has 14 heavy (non-hydrogen) atoms. The summed E-state index contributed by atoms with van der Waals surface area (Å²) in [6.45, 7) is 0.678. The van der Waals surface area contributed by atoms with Gasteiger partial charge in [0.2, 0.25) is 0 Å². The van der Waals surface area contributed by atoms with Gasteiger partial charge in [-0.1, -0.05) is 0 Å². The molecule has 0 atom stereocenters. The maximum absolute atomic E-state index is 5.64. The Morgan fingerprint density at radius 3 is 2.93 bits per heavy atom. The van der Waals surface area contributed by atoms with Crippen molar-refractivity contribution < 1.29 is 0 Å². The standard InChI is InChI=1S/C9H9ClN4/c10-4-9-6-14(7-11-9)5-8-2-1-3-12-13-8/h1-3,6-7H,4-5H2.